The average Bonchev–Trinajstić information content (AvgIpc) is 3.92. The number of nitrogens with one attached hydrogen (secondary N) is 4. The molecule has 2 fully saturated rings. The summed E-state index contributed by atoms with van der Waals surface area (Å²) in [4.78, 5) is 57.7. The molecule has 0 bridgehead atoms. The summed E-state index contributed by atoms with van der Waals surface area (Å²) in [5, 5.41) is 12.8. The quantitative estimate of drug-likeness (QED) is 0.273. The summed E-state index contributed by atoms with van der Waals surface area (Å²) in [6.45, 7) is 4.66. The van der Waals surface area contributed by atoms with E-state index in [1.807, 2.05) is 78.9 Å². The van der Waals surface area contributed by atoms with E-state index < -0.39 is 29.6 Å². The molecule has 10 nitrogen and oxygen atoms in total. The van der Waals surface area contributed by atoms with E-state index in [2.05, 4.69) is 52.2 Å². The minimum absolute atomic E-state index is 0.0393. The number of rotatable bonds is 6. The summed E-state index contributed by atoms with van der Waals surface area (Å²) in [6, 6.07) is 21.7. The first-order valence-electron chi connectivity index (χ1n) is 19.6. The molecule has 282 valence electrons. The second-order valence-corrected chi connectivity index (χ2v) is 15.5. The van der Waals surface area contributed by atoms with E-state index in [0.717, 1.165) is 55.5 Å². The van der Waals surface area contributed by atoms with Crippen LogP contribution in [0.5, 0.6) is 0 Å². The van der Waals surface area contributed by atoms with Crippen molar-refractivity contribution in [3.05, 3.63) is 125 Å². The summed E-state index contributed by atoms with van der Waals surface area (Å²) < 4.78 is 0. The third-order valence-electron chi connectivity index (χ3n) is 11.7. The first-order chi connectivity index (χ1) is 26.8. The van der Waals surface area contributed by atoms with Gasteiger partial charge in [0.1, 0.15) is 24.2 Å². The molecule has 4 aliphatic heterocycles. The number of likely N-dealkylation sites (tertiary alicyclic amines) is 2. The van der Waals surface area contributed by atoms with Crippen molar-refractivity contribution >= 4 is 29.3 Å². The highest BCUT2D eigenvalue weighted by molar-refractivity contribution is 5.98. The van der Waals surface area contributed by atoms with Crippen LogP contribution >= 0.6 is 0 Å². The van der Waals surface area contributed by atoms with Gasteiger partial charge in [-0.25, -0.2) is 0 Å². The van der Waals surface area contributed by atoms with Crippen LogP contribution in [-0.4, -0.2) is 71.7 Å². The van der Waals surface area contributed by atoms with Crippen molar-refractivity contribution < 1.29 is 19.2 Å². The maximum absolute atomic E-state index is 13.7. The molecule has 0 saturated carbocycles. The van der Waals surface area contributed by atoms with Crippen LogP contribution in [0.1, 0.15) is 78.9 Å². The fourth-order valence-corrected chi connectivity index (χ4v) is 8.61. The summed E-state index contributed by atoms with van der Waals surface area (Å²) >= 11 is 0. The first kappa shape index (κ1) is 36.5. The lowest BCUT2D eigenvalue weighted by Gasteiger charge is -2.32. The molecule has 1 aliphatic carbocycles. The topological polar surface area (TPSA) is 123 Å². The SMILES string of the molecule is CC1(C#Cc2ccc(NC(=O)C3CCCN3C(=O)C3NCCc4ccccc43)cc2)C=CC(NC(=O)C2CCCN2C(=O)C2NCCc3ccccc32)=CC1. The zero-order valence-electron chi connectivity index (χ0n) is 31.3. The molecule has 3 aromatic rings. The minimum atomic E-state index is -0.514. The molecule has 3 aromatic carbocycles. The van der Waals surface area contributed by atoms with Crippen LogP contribution in [0.4, 0.5) is 5.69 Å². The zero-order valence-corrected chi connectivity index (χ0v) is 31.3. The van der Waals surface area contributed by atoms with Gasteiger partial charge in [-0.05, 0) is 104 Å². The fourth-order valence-electron chi connectivity index (χ4n) is 8.61. The van der Waals surface area contributed by atoms with E-state index in [4.69, 9.17) is 0 Å². The average molecular weight is 737 g/mol. The fraction of sp³-hybridized carbons (Fsp3) is 0.378. The van der Waals surface area contributed by atoms with Gasteiger partial charge in [0.15, 0.2) is 0 Å². The third-order valence-corrected chi connectivity index (χ3v) is 11.7. The number of hydrogen-bond donors (Lipinski definition) is 4. The number of allylic oxidation sites excluding steroid dienone is 3. The zero-order chi connectivity index (χ0) is 37.9. The van der Waals surface area contributed by atoms with Crippen LogP contribution in [0.2, 0.25) is 0 Å². The van der Waals surface area contributed by atoms with Crippen molar-refractivity contribution in [1.29, 1.82) is 0 Å². The van der Waals surface area contributed by atoms with Gasteiger partial charge in [0.05, 0.1) is 5.41 Å². The van der Waals surface area contributed by atoms with Gasteiger partial charge in [-0.3, -0.25) is 19.2 Å². The van der Waals surface area contributed by atoms with Crippen LogP contribution in [-0.2, 0) is 32.0 Å². The van der Waals surface area contributed by atoms with Gasteiger partial charge in [0, 0.05) is 43.1 Å². The second-order valence-electron chi connectivity index (χ2n) is 15.5. The van der Waals surface area contributed by atoms with Gasteiger partial charge in [0.2, 0.25) is 23.6 Å². The van der Waals surface area contributed by atoms with E-state index in [0.29, 0.717) is 43.7 Å². The largest absolute Gasteiger partial charge is 0.329 e. The van der Waals surface area contributed by atoms with Crippen molar-refractivity contribution in [2.24, 2.45) is 5.41 Å². The third kappa shape index (κ3) is 7.73. The van der Waals surface area contributed by atoms with Crippen molar-refractivity contribution in [2.45, 2.75) is 76.0 Å². The van der Waals surface area contributed by atoms with Crippen molar-refractivity contribution in [3.63, 3.8) is 0 Å². The molecule has 4 amide bonds. The van der Waals surface area contributed by atoms with Gasteiger partial charge < -0.3 is 31.1 Å². The van der Waals surface area contributed by atoms with Gasteiger partial charge in [-0.2, -0.15) is 0 Å². The first-order valence-corrected chi connectivity index (χ1v) is 19.6. The van der Waals surface area contributed by atoms with Crippen LogP contribution in [0.3, 0.4) is 0 Å². The van der Waals surface area contributed by atoms with E-state index >= 15 is 0 Å². The Bertz CT molecular complexity index is 2110. The van der Waals surface area contributed by atoms with E-state index in [9.17, 15) is 19.2 Å². The Balaban J connectivity index is 0.842. The molecule has 8 rings (SSSR count). The molecule has 5 unspecified atom stereocenters. The van der Waals surface area contributed by atoms with Gasteiger partial charge >= 0.3 is 0 Å². The molecule has 5 aliphatic rings. The van der Waals surface area contributed by atoms with Crippen molar-refractivity contribution in [1.82, 2.24) is 25.8 Å². The highest BCUT2D eigenvalue weighted by Gasteiger charge is 2.40. The summed E-state index contributed by atoms with van der Waals surface area (Å²) in [7, 11) is 0. The second kappa shape index (κ2) is 15.7. The molecule has 55 heavy (non-hydrogen) atoms. The Morgan fingerprint density at radius 3 is 1.82 bits per heavy atom. The predicted octanol–water partition coefficient (Wildman–Crippen LogP) is 4.70. The van der Waals surface area contributed by atoms with Crippen LogP contribution in [0, 0.1) is 17.3 Å². The molecule has 0 radical (unpaired) electrons. The molecule has 4 N–H and O–H groups in total. The molecule has 5 atom stereocenters. The highest BCUT2D eigenvalue weighted by atomic mass is 16.2. The minimum Gasteiger partial charge on any atom is -0.329 e. The summed E-state index contributed by atoms with van der Waals surface area (Å²) in [5.74, 6) is 6.23. The molecule has 10 heteroatoms. The lowest BCUT2D eigenvalue weighted by atomic mass is 9.83. The number of nitrogens with zero attached hydrogens (tertiary/aromatic N) is 2. The molecule has 4 heterocycles. The van der Waals surface area contributed by atoms with Crippen molar-refractivity contribution in [3.8, 4) is 11.8 Å². The highest BCUT2D eigenvalue weighted by Crippen LogP contribution is 2.32. The maximum atomic E-state index is 13.7. The number of amides is 4. The van der Waals surface area contributed by atoms with Crippen LogP contribution < -0.4 is 21.3 Å². The lowest BCUT2D eigenvalue weighted by Crippen LogP contribution is -2.50. The lowest BCUT2D eigenvalue weighted by molar-refractivity contribution is -0.140. The number of carbonyl (C=O) groups is 4. The molecular weight excluding hydrogens is 689 g/mol. The Kier molecular flexibility index (Phi) is 10.4. The number of hydrogen-bond acceptors (Lipinski definition) is 6. The number of fused-ring (bicyclic) bond motifs is 2. The monoisotopic (exact) mass is 736 g/mol. The number of carbonyl (C=O) groups excluding carboxylic acids is 4. The van der Waals surface area contributed by atoms with Gasteiger partial charge in [-0.1, -0.05) is 72.5 Å². The summed E-state index contributed by atoms with van der Waals surface area (Å²) in [5.41, 5.74) is 6.14. The molecule has 2 saturated heterocycles. The molecule has 0 spiro atoms. The smallest absolute Gasteiger partial charge is 0.247 e. The Morgan fingerprint density at radius 1 is 0.727 bits per heavy atom. The molecular formula is C45H48N6O4. The Labute approximate surface area is 322 Å². The Morgan fingerprint density at radius 2 is 1.27 bits per heavy atom. The van der Waals surface area contributed by atoms with Crippen molar-refractivity contribution in [2.75, 3.05) is 31.5 Å². The van der Waals surface area contributed by atoms with Crippen LogP contribution in [0.25, 0.3) is 0 Å². The predicted molar refractivity (Wildman–Crippen MR) is 211 cm³/mol. The van der Waals surface area contributed by atoms with E-state index in [1.54, 1.807) is 9.80 Å². The number of anilines is 1. The van der Waals surface area contributed by atoms with E-state index in [1.165, 1.54) is 11.1 Å². The van der Waals surface area contributed by atoms with Gasteiger partial charge in [0.25, 0.3) is 0 Å². The van der Waals surface area contributed by atoms with E-state index in [-0.39, 0.29) is 23.6 Å². The normalized spacial score (nSPS) is 25.5. The van der Waals surface area contributed by atoms with Gasteiger partial charge in [-0.15, -0.1) is 0 Å². The molecule has 0 aromatic heterocycles. The number of benzene rings is 3. The maximum Gasteiger partial charge on any atom is 0.247 e. The standard InChI is InChI=1S/C45H48N6O4/c1-45(24-19-34(20-25-45)49-42(53)38-13-7-29-51(38)44(55)40-36-11-5-3-9-32(36)22-27-47-40)23-18-30-14-16-33(17-15-30)48-41(52)37-12-6-28-50(37)43(54)39-35-10-4-2-8-31(35)21-26-46-39/h2-5,8-11,14-17,19-20,24,37-40,46-47H,6-7,12-13,21-22,25-29H2,1H3,(H,48,52)(H,49,53). The summed E-state index contributed by atoms with van der Waals surface area (Å²) in [6.07, 6.45) is 11.2. The Hall–Kier alpha value is -5.50. The van der Waals surface area contributed by atoms with Crippen LogP contribution in [0.15, 0.2) is 96.7 Å².